The number of ether oxygens (including phenoxy) is 3. The maximum atomic E-state index is 14.3. The van der Waals surface area contributed by atoms with Crippen molar-refractivity contribution < 1.29 is 27.4 Å². The van der Waals surface area contributed by atoms with Crippen LogP contribution in [0, 0.1) is 0 Å². The highest BCUT2D eigenvalue weighted by Gasteiger charge is 2.31. The van der Waals surface area contributed by atoms with Crippen molar-refractivity contribution in [1.82, 2.24) is 23.4 Å². The SMILES string of the molecule is CCN(CCNc1cc(Cl)ccc1CNc1cccc2c1cnn2S(=O)(=O)N(Cc1ccc(OC)cc1OC)c1ncns1)C(=O)OC(C)(C)C. The molecule has 0 bridgehead atoms. The van der Waals surface area contributed by atoms with Crippen molar-refractivity contribution in [2.24, 2.45) is 0 Å². The van der Waals surface area contributed by atoms with Gasteiger partial charge in [-0.2, -0.15) is 17.9 Å². The van der Waals surface area contributed by atoms with Crippen molar-refractivity contribution in [2.45, 2.75) is 46.4 Å². The van der Waals surface area contributed by atoms with Crippen LogP contribution in [-0.2, 0) is 28.0 Å². The summed E-state index contributed by atoms with van der Waals surface area (Å²) in [6.45, 7) is 9.10. The summed E-state index contributed by atoms with van der Waals surface area (Å²) < 4.78 is 51.2. The smallest absolute Gasteiger partial charge is 0.410 e. The number of nitrogens with zero attached hydrogens (tertiary/aromatic N) is 6. The fourth-order valence-electron chi connectivity index (χ4n) is 5.21. The van der Waals surface area contributed by atoms with Gasteiger partial charge in [-0.15, -0.1) is 4.09 Å². The zero-order chi connectivity index (χ0) is 36.8. The lowest BCUT2D eigenvalue weighted by atomic mass is 10.1. The first-order chi connectivity index (χ1) is 24.3. The molecule has 0 saturated carbocycles. The number of carbonyl (C=O) groups excluding carboxylic acids is 1. The maximum Gasteiger partial charge on any atom is 0.410 e. The summed E-state index contributed by atoms with van der Waals surface area (Å²) in [4.78, 5) is 18.4. The number of hydrogen-bond acceptors (Lipinski definition) is 12. The fourth-order valence-corrected chi connectivity index (χ4v) is 7.51. The van der Waals surface area contributed by atoms with Crippen LogP contribution in [0.15, 0.2) is 67.1 Å². The van der Waals surface area contributed by atoms with Gasteiger partial charge >= 0.3 is 16.3 Å². The zero-order valence-corrected chi connectivity index (χ0v) is 31.6. The van der Waals surface area contributed by atoms with Crippen LogP contribution in [0.5, 0.6) is 11.5 Å². The Balaban J connectivity index is 1.36. The van der Waals surface area contributed by atoms with Crippen molar-refractivity contribution in [2.75, 3.05) is 48.8 Å². The van der Waals surface area contributed by atoms with Gasteiger partial charge in [0.15, 0.2) is 0 Å². The topological polar surface area (TPSA) is 153 Å². The molecule has 0 fully saturated rings. The highest BCUT2D eigenvalue weighted by Crippen LogP contribution is 2.32. The van der Waals surface area contributed by atoms with Crippen molar-refractivity contribution in [3.8, 4) is 11.5 Å². The molecule has 14 nitrogen and oxygen atoms in total. The zero-order valence-electron chi connectivity index (χ0n) is 29.2. The molecule has 272 valence electrons. The van der Waals surface area contributed by atoms with Crippen molar-refractivity contribution in [3.05, 3.63) is 83.3 Å². The number of benzene rings is 3. The van der Waals surface area contributed by atoms with E-state index in [0.29, 0.717) is 64.9 Å². The number of methoxy groups -OCH3 is 2. The molecule has 2 heterocycles. The van der Waals surface area contributed by atoms with Gasteiger partial charge in [-0.3, -0.25) is 0 Å². The molecule has 0 aliphatic heterocycles. The normalized spacial score (nSPS) is 11.7. The van der Waals surface area contributed by atoms with Crippen LogP contribution in [0.1, 0.15) is 38.8 Å². The van der Waals surface area contributed by atoms with Gasteiger partial charge in [-0.05, 0) is 69.7 Å². The van der Waals surface area contributed by atoms with Crippen molar-refractivity contribution in [3.63, 3.8) is 0 Å². The number of carbonyl (C=O) groups is 1. The largest absolute Gasteiger partial charge is 0.497 e. The molecule has 1 amide bonds. The van der Waals surface area contributed by atoms with E-state index in [1.165, 1.54) is 19.6 Å². The summed E-state index contributed by atoms with van der Waals surface area (Å²) in [6, 6.07) is 16.0. The van der Waals surface area contributed by atoms with Crippen molar-refractivity contribution in [1.29, 1.82) is 0 Å². The van der Waals surface area contributed by atoms with Gasteiger partial charge in [0.2, 0.25) is 5.13 Å². The number of anilines is 3. The lowest BCUT2D eigenvalue weighted by molar-refractivity contribution is 0.0267. The number of rotatable bonds is 15. The van der Waals surface area contributed by atoms with Crippen LogP contribution in [0.3, 0.4) is 0 Å². The third-order valence-electron chi connectivity index (χ3n) is 7.72. The summed E-state index contributed by atoms with van der Waals surface area (Å²) in [7, 11) is -1.26. The monoisotopic (exact) mass is 756 g/mol. The molecular weight excluding hydrogens is 716 g/mol. The Labute approximate surface area is 306 Å². The minimum Gasteiger partial charge on any atom is -0.497 e. The second kappa shape index (κ2) is 16.0. The summed E-state index contributed by atoms with van der Waals surface area (Å²) in [5.74, 6) is 1.03. The average Bonchev–Trinajstić information content (AvgIpc) is 3.79. The van der Waals surface area contributed by atoms with Crippen LogP contribution in [0.25, 0.3) is 10.9 Å². The van der Waals surface area contributed by atoms with Gasteiger partial charge in [0, 0.05) is 71.1 Å². The Morgan fingerprint density at radius 1 is 1.02 bits per heavy atom. The second-order valence-electron chi connectivity index (χ2n) is 12.3. The molecule has 51 heavy (non-hydrogen) atoms. The van der Waals surface area contributed by atoms with Gasteiger partial charge in [-0.25, -0.2) is 14.1 Å². The summed E-state index contributed by atoms with van der Waals surface area (Å²) in [5.41, 5.74) is 2.76. The molecule has 0 spiro atoms. The van der Waals surface area contributed by atoms with Gasteiger partial charge in [0.25, 0.3) is 0 Å². The minimum absolute atomic E-state index is 0.0931. The van der Waals surface area contributed by atoms with Crippen LogP contribution >= 0.6 is 23.1 Å². The molecule has 0 radical (unpaired) electrons. The molecule has 5 rings (SSSR count). The van der Waals surface area contributed by atoms with Gasteiger partial charge < -0.3 is 29.7 Å². The Bertz CT molecular complexity index is 2070. The highest BCUT2D eigenvalue weighted by molar-refractivity contribution is 7.91. The van der Waals surface area contributed by atoms with Gasteiger partial charge in [0.05, 0.1) is 32.5 Å². The minimum atomic E-state index is -4.31. The Morgan fingerprint density at radius 3 is 2.49 bits per heavy atom. The lowest BCUT2D eigenvalue weighted by Gasteiger charge is -2.27. The Hall–Kier alpha value is -4.80. The van der Waals surface area contributed by atoms with Crippen molar-refractivity contribution >= 4 is 66.8 Å². The first-order valence-electron chi connectivity index (χ1n) is 16.1. The van der Waals surface area contributed by atoms with E-state index < -0.39 is 15.8 Å². The Kier molecular flexibility index (Phi) is 11.8. The van der Waals surface area contributed by atoms with Crippen LogP contribution < -0.4 is 24.4 Å². The Morgan fingerprint density at radius 2 is 1.80 bits per heavy atom. The molecule has 0 atom stereocenters. The number of fused-ring (bicyclic) bond motifs is 1. The molecule has 3 aromatic carbocycles. The van der Waals surface area contributed by atoms with Crippen LogP contribution in [-0.4, -0.2) is 77.4 Å². The van der Waals surface area contributed by atoms with E-state index in [-0.39, 0.29) is 17.8 Å². The number of amides is 1. The van der Waals surface area contributed by atoms with E-state index in [0.717, 1.165) is 31.2 Å². The van der Waals surface area contributed by atoms with E-state index in [9.17, 15) is 13.2 Å². The third kappa shape index (κ3) is 8.93. The predicted molar refractivity (Wildman–Crippen MR) is 200 cm³/mol. The first-order valence-corrected chi connectivity index (χ1v) is 18.6. The second-order valence-corrected chi connectivity index (χ2v) is 15.2. The molecule has 0 unspecified atom stereocenters. The number of halogens is 1. The van der Waals surface area contributed by atoms with E-state index >= 15 is 0 Å². The standard InChI is InChI=1S/C34H41ClN8O6S2/c1-7-41(33(44)49-34(2,3)4)16-15-36-29-17-25(35)13-11-23(29)19-37-28-9-8-10-30-27(28)20-39-43(30)51(45,46)42(32-38-22-40-50-32)21-24-12-14-26(47-5)18-31(24)48-6/h8-14,17-18,20,22,36-37H,7,15-16,19,21H2,1-6H3. The highest BCUT2D eigenvalue weighted by atomic mass is 35.5. The molecule has 2 aromatic heterocycles. The summed E-state index contributed by atoms with van der Waals surface area (Å²) in [5, 5.41) is 12.5. The average molecular weight is 757 g/mol. The van der Waals surface area contributed by atoms with Gasteiger partial charge in [0.1, 0.15) is 23.4 Å². The first kappa shape index (κ1) is 37.5. The van der Waals surface area contributed by atoms with Gasteiger partial charge in [-0.1, -0.05) is 23.7 Å². The number of hydrogen-bond donors (Lipinski definition) is 2. The molecular formula is C34H41ClN8O6S2. The number of likely N-dealkylation sites (N-methyl/N-ethyl adjacent to an activating group) is 1. The molecule has 0 aliphatic carbocycles. The molecule has 0 saturated heterocycles. The number of aromatic nitrogens is 4. The molecule has 17 heteroatoms. The lowest BCUT2D eigenvalue weighted by Crippen LogP contribution is -2.39. The molecule has 2 N–H and O–H groups in total. The maximum absolute atomic E-state index is 14.3. The number of nitrogens with one attached hydrogen (secondary N) is 2. The third-order valence-corrected chi connectivity index (χ3v) is 10.3. The molecule has 0 aliphatic rings. The van der Waals surface area contributed by atoms with E-state index in [2.05, 4.69) is 25.1 Å². The molecule has 5 aromatic rings. The van der Waals surface area contributed by atoms with E-state index in [4.69, 9.17) is 25.8 Å². The summed E-state index contributed by atoms with van der Waals surface area (Å²) in [6.07, 6.45) is 2.44. The van der Waals surface area contributed by atoms with E-state index in [1.807, 2.05) is 45.9 Å². The summed E-state index contributed by atoms with van der Waals surface area (Å²) >= 11 is 7.31. The van der Waals surface area contributed by atoms with Crippen LogP contribution in [0.2, 0.25) is 5.02 Å². The van der Waals surface area contributed by atoms with E-state index in [1.54, 1.807) is 48.4 Å². The fraction of sp³-hybridized carbons (Fsp3) is 0.353. The predicted octanol–water partition coefficient (Wildman–Crippen LogP) is 6.64. The quantitative estimate of drug-likeness (QED) is 0.118. The van der Waals surface area contributed by atoms with Crippen LogP contribution in [0.4, 0.5) is 21.3 Å².